The molecule has 1 aliphatic heterocycles. The molecule has 0 atom stereocenters. The summed E-state index contributed by atoms with van der Waals surface area (Å²) in [7, 11) is 0. The zero-order valence-electron chi connectivity index (χ0n) is 10.7. The van der Waals surface area contributed by atoms with Crippen molar-refractivity contribution in [2.45, 2.75) is 19.9 Å². The van der Waals surface area contributed by atoms with E-state index in [-0.39, 0.29) is 0 Å². The molecular formula is C15H22N2. The number of benzene rings is 1. The topological polar surface area (TPSA) is 15.3 Å². The molecule has 0 saturated heterocycles. The van der Waals surface area contributed by atoms with Gasteiger partial charge in [-0.2, -0.15) is 0 Å². The molecule has 1 aromatic rings. The summed E-state index contributed by atoms with van der Waals surface area (Å²) < 4.78 is 0. The second kappa shape index (κ2) is 5.99. The summed E-state index contributed by atoms with van der Waals surface area (Å²) in [6.07, 6.45) is 1.17. The summed E-state index contributed by atoms with van der Waals surface area (Å²) in [6, 6.07) is 8.77. The molecule has 2 nitrogen and oxygen atoms in total. The normalized spacial score (nSPS) is 15.6. The Labute approximate surface area is 104 Å². The number of nitrogens with zero attached hydrogens (tertiary/aromatic N) is 1. The summed E-state index contributed by atoms with van der Waals surface area (Å²) in [5, 5.41) is 3.33. The van der Waals surface area contributed by atoms with Gasteiger partial charge in [-0.05, 0) is 29.7 Å². The summed E-state index contributed by atoms with van der Waals surface area (Å²) in [5.41, 5.74) is 4.28. The van der Waals surface area contributed by atoms with E-state index in [1.165, 1.54) is 23.1 Å². The first kappa shape index (κ1) is 12.3. The Bertz CT molecular complexity index is 384. The monoisotopic (exact) mass is 230 g/mol. The summed E-state index contributed by atoms with van der Waals surface area (Å²) in [6.45, 7) is 11.5. The van der Waals surface area contributed by atoms with Gasteiger partial charge in [-0.3, -0.25) is 4.90 Å². The second-order valence-corrected chi connectivity index (χ2v) is 4.76. The van der Waals surface area contributed by atoms with E-state index in [0.717, 1.165) is 32.7 Å². The first-order chi connectivity index (χ1) is 8.29. The molecule has 0 fully saturated rings. The van der Waals surface area contributed by atoms with Crippen LogP contribution in [0.25, 0.3) is 0 Å². The maximum atomic E-state index is 4.14. The van der Waals surface area contributed by atoms with Gasteiger partial charge in [0.05, 0.1) is 0 Å². The molecule has 2 rings (SSSR count). The Morgan fingerprint density at radius 3 is 2.88 bits per heavy atom. The molecule has 0 saturated carbocycles. The maximum absolute atomic E-state index is 4.14. The molecule has 1 N–H and O–H groups in total. The fourth-order valence-electron chi connectivity index (χ4n) is 2.36. The van der Waals surface area contributed by atoms with Gasteiger partial charge in [-0.25, -0.2) is 0 Å². The zero-order valence-corrected chi connectivity index (χ0v) is 10.7. The number of fused-ring (bicyclic) bond motifs is 1. The number of rotatable bonds is 5. The third-order valence-corrected chi connectivity index (χ3v) is 3.28. The van der Waals surface area contributed by atoms with Crippen molar-refractivity contribution in [2.24, 2.45) is 0 Å². The smallest absolute Gasteiger partial charge is 0.0240 e. The molecule has 17 heavy (non-hydrogen) atoms. The SMILES string of the molecule is C=C(CNCC)CN1CCc2ccccc2C1. The fraction of sp³-hybridized carbons (Fsp3) is 0.467. The minimum atomic E-state index is 0.939. The third-order valence-electron chi connectivity index (χ3n) is 3.28. The quantitative estimate of drug-likeness (QED) is 0.780. The lowest BCUT2D eigenvalue weighted by Crippen LogP contribution is -2.33. The summed E-state index contributed by atoms with van der Waals surface area (Å²) in [5.74, 6) is 0. The first-order valence-corrected chi connectivity index (χ1v) is 6.46. The highest BCUT2D eigenvalue weighted by molar-refractivity contribution is 5.29. The van der Waals surface area contributed by atoms with Crippen molar-refractivity contribution >= 4 is 0 Å². The Morgan fingerprint density at radius 1 is 1.35 bits per heavy atom. The lowest BCUT2D eigenvalue weighted by atomic mass is 9.99. The van der Waals surface area contributed by atoms with E-state index in [0.29, 0.717) is 0 Å². The first-order valence-electron chi connectivity index (χ1n) is 6.46. The van der Waals surface area contributed by atoms with Gasteiger partial charge < -0.3 is 5.32 Å². The zero-order chi connectivity index (χ0) is 12.1. The largest absolute Gasteiger partial charge is 0.313 e. The van der Waals surface area contributed by atoms with Crippen molar-refractivity contribution in [3.63, 3.8) is 0 Å². The Hall–Kier alpha value is -1.12. The van der Waals surface area contributed by atoms with Crippen LogP contribution in [-0.2, 0) is 13.0 Å². The Morgan fingerprint density at radius 2 is 2.12 bits per heavy atom. The van der Waals surface area contributed by atoms with Crippen molar-refractivity contribution in [3.8, 4) is 0 Å². The average molecular weight is 230 g/mol. The van der Waals surface area contributed by atoms with Crippen LogP contribution in [0, 0.1) is 0 Å². The number of hydrogen-bond acceptors (Lipinski definition) is 2. The van der Waals surface area contributed by atoms with Gasteiger partial charge in [0, 0.05) is 26.2 Å². The van der Waals surface area contributed by atoms with Crippen LogP contribution in [0.3, 0.4) is 0 Å². The van der Waals surface area contributed by atoms with Crippen LogP contribution in [0.1, 0.15) is 18.1 Å². The minimum absolute atomic E-state index is 0.939. The molecule has 0 aliphatic carbocycles. The van der Waals surface area contributed by atoms with Crippen molar-refractivity contribution in [1.82, 2.24) is 10.2 Å². The minimum Gasteiger partial charge on any atom is -0.313 e. The summed E-state index contributed by atoms with van der Waals surface area (Å²) in [4.78, 5) is 2.49. The Kier molecular flexibility index (Phi) is 4.35. The van der Waals surface area contributed by atoms with Crippen LogP contribution in [0.2, 0.25) is 0 Å². The van der Waals surface area contributed by atoms with E-state index in [9.17, 15) is 0 Å². The third kappa shape index (κ3) is 3.42. The molecule has 0 unspecified atom stereocenters. The fourth-order valence-corrected chi connectivity index (χ4v) is 2.36. The van der Waals surface area contributed by atoms with Crippen molar-refractivity contribution in [3.05, 3.63) is 47.5 Å². The van der Waals surface area contributed by atoms with Gasteiger partial charge in [0.1, 0.15) is 0 Å². The molecular weight excluding hydrogens is 208 g/mol. The van der Waals surface area contributed by atoms with Crippen LogP contribution in [0.15, 0.2) is 36.4 Å². The molecule has 0 radical (unpaired) electrons. The molecule has 0 aromatic heterocycles. The van der Waals surface area contributed by atoms with Crippen LogP contribution in [0.5, 0.6) is 0 Å². The van der Waals surface area contributed by atoms with E-state index in [1.807, 2.05) is 0 Å². The lowest BCUT2D eigenvalue weighted by molar-refractivity contribution is 0.274. The maximum Gasteiger partial charge on any atom is 0.0240 e. The van der Waals surface area contributed by atoms with Gasteiger partial charge in [-0.1, -0.05) is 37.8 Å². The van der Waals surface area contributed by atoms with Crippen LogP contribution in [-0.4, -0.2) is 31.1 Å². The summed E-state index contributed by atoms with van der Waals surface area (Å²) >= 11 is 0. The predicted molar refractivity (Wildman–Crippen MR) is 73.1 cm³/mol. The Balaban J connectivity index is 1.88. The van der Waals surface area contributed by atoms with Crippen molar-refractivity contribution in [2.75, 3.05) is 26.2 Å². The molecule has 2 heteroatoms. The standard InChI is InChI=1S/C15H22N2/c1-3-16-10-13(2)11-17-9-8-14-6-4-5-7-15(14)12-17/h4-7,16H,2-3,8-12H2,1H3. The van der Waals surface area contributed by atoms with E-state index < -0.39 is 0 Å². The van der Waals surface area contributed by atoms with E-state index in [1.54, 1.807) is 0 Å². The predicted octanol–water partition coefficient (Wildman–Crippen LogP) is 2.21. The lowest BCUT2D eigenvalue weighted by Gasteiger charge is -2.29. The second-order valence-electron chi connectivity index (χ2n) is 4.76. The van der Waals surface area contributed by atoms with Gasteiger partial charge >= 0.3 is 0 Å². The highest BCUT2D eigenvalue weighted by atomic mass is 15.1. The van der Waals surface area contributed by atoms with E-state index in [4.69, 9.17) is 0 Å². The molecule has 1 heterocycles. The van der Waals surface area contributed by atoms with E-state index >= 15 is 0 Å². The van der Waals surface area contributed by atoms with Crippen LogP contribution < -0.4 is 5.32 Å². The molecule has 0 bridgehead atoms. The van der Waals surface area contributed by atoms with Crippen LogP contribution in [0.4, 0.5) is 0 Å². The molecule has 0 spiro atoms. The highest BCUT2D eigenvalue weighted by Gasteiger charge is 2.15. The van der Waals surface area contributed by atoms with E-state index in [2.05, 4.69) is 48.0 Å². The van der Waals surface area contributed by atoms with Gasteiger partial charge in [-0.15, -0.1) is 0 Å². The molecule has 1 aromatic carbocycles. The van der Waals surface area contributed by atoms with Gasteiger partial charge in [0.15, 0.2) is 0 Å². The van der Waals surface area contributed by atoms with Gasteiger partial charge in [0.2, 0.25) is 0 Å². The molecule has 0 amide bonds. The number of nitrogens with one attached hydrogen (secondary N) is 1. The van der Waals surface area contributed by atoms with Crippen molar-refractivity contribution < 1.29 is 0 Å². The average Bonchev–Trinajstić information content (AvgIpc) is 2.36. The number of hydrogen-bond donors (Lipinski definition) is 1. The van der Waals surface area contributed by atoms with Crippen molar-refractivity contribution in [1.29, 1.82) is 0 Å². The highest BCUT2D eigenvalue weighted by Crippen LogP contribution is 2.18. The van der Waals surface area contributed by atoms with Gasteiger partial charge in [0.25, 0.3) is 0 Å². The molecule has 1 aliphatic rings. The number of likely N-dealkylation sites (N-methyl/N-ethyl adjacent to an activating group) is 1. The van der Waals surface area contributed by atoms with Crippen LogP contribution >= 0.6 is 0 Å². The molecule has 92 valence electrons.